The highest BCUT2D eigenvalue weighted by atomic mass is 19.1. The van der Waals surface area contributed by atoms with Crippen LogP contribution in [0.25, 0.3) is 0 Å². The fourth-order valence-corrected chi connectivity index (χ4v) is 1.70. The molecule has 3 N–H and O–H groups in total. The number of halogens is 2. The number of anilines is 1. The van der Waals surface area contributed by atoms with Gasteiger partial charge in [-0.1, -0.05) is 6.07 Å². The van der Waals surface area contributed by atoms with Crippen molar-refractivity contribution in [1.82, 2.24) is 4.98 Å². The van der Waals surface area contributed by atoms with E-state index in [0.717, 1.165) is 12.1 Å². The predicted octanol–water partition coefficient (Wildman–Crippen LogP) is 2.22. The van der Waals surface area contributed by atoms with Gasteiger partial charge in [-0.15, -0.1) is 0 Å². The summed E-state index contributed by atoms with van der Waals surface area (Å²) in [6.07, 6.45) is 2.09. The second-order valence-electron chi connectivity index (χ2n) is 3.96. The molecule has 0 radical (unpaired) electrons. The number of nitrogen functional groups attached to an aromatic ring is 1. The number of hydrogen-bond acceptors (Lipinski definition) is 3. The number of rotatable bonds is 3. The van der Waals surface area contributed by atoms with Crippen LogP contribution in [0.2, 0.25) is 0 Å². The van der Waals surface area contributed by atoms with E-state index in [1.807, 2.05) is 0 Å². The molecule has 1 heterocycles. The van der Waals surface area contributed by atoms with Crippen molar-refractivity contribution < 1.29 is 13.9 Å². The first-order valence-electron chi connectivity index (χ1n) is 5.39. The van der Waals surface area contributed by atoms with Gasteiger partial charge >= 0.3 is 0 Å². The number of benzene rings is 1. The fourth-order valence-electron chi connectivity index (χ4n) is 1.70. The Labute approximate surface area is 103 Å². The lowest BCUT2D eigenvalue weighted by molar-refractivity contribution is 0.173. The molecule has 1 atom stereocenters. The minimum Gasteiger partial charge on any atom is -0.398 e. The standard InChI is InChI=1S/C13H12F2N2O/c14-9-1-2-10(11(15)6-9)13(18)5-8-7-17-4-3-12(8)16/h1-4,6-7,13,18H,5H2,(H2,16,17). The van der Waals surface area contributed by atoms with Gasteiger partial charge in [0.05, 0.1) is 6.10 Å². The normalized spacial score (nSPS) is 12.4. The zero-order chi connectivity index (χ0) is 13.1. The Balaban J connectivity index is 2.22. The van der Waals surface area contributed by atoms with E-state index in [4.69, 9.17) is 5.73 Å². The highest BCUT2D eigenvalue weighted by molar-refractivity contribution is 5.45. The van der Waals surface area contributed by atoms with Crippen LogP contribution in [0.15, 0.2) is 36.7 Å². The Kier molecular flexibility index (Phi) is 3.53. The van der Waals surface area contributed by atoms with E-state index in [-0.39, 0.29) is 12.0 Å². The van der Waals surface area contributed by atoms with E-state index in [1.54, 1.807) is 6.07 Å². The van der Waals surface area contributed by atoms with Gasteiger partial charge in [-0.05, 0) is 17.7 Å². The van der Waals surface area contributed by atoms with Crippen LogP contribution in [-0.4, -0.2) is 10.1 Å². The maximum atomic E-state index is 13.5. The third kappa shape index (κ3) is 2.62. The first-order chi connectivity index (χ1) is 8.58. The summed E-state index contributed by atoms with van der Waals surface area (Å²) in [5, 5.41) is 9.92. The maximum absolute atomic E-state index is 13.5. The average Bonchev–Trinajstić information content (AvgIpc) is 2.32. The molecule has 1 unspecified atom stereocenters. The fraction of sp³-hybridized carbons (Fsp3) is 0.154. The Morgan fingerprint density at radius 3 is 2.72 bits per heavy atom. The Hall–Kier alpha value is -2.01. The van der Waals surface area contributed by atoms with E-state index < -0.39 is 17.7 Å². The quantitative estimate of drug-likeness (QED) is 0.878. The average molecular weight is 250 g/mol. The van der Waals surface area contributed by atoms with Crippen LogP contribution in [-0.2, 0) is 6.42 Å². The Bertz CT molecular complexity index is 560. The maximum Gasteiger partial charge on any atom is 0.131 e. The van der Waals surface area contributed by atoms with Crippen LogP contribution >= 0.6 is 0 Å². The molecule has 1 aromatic carbocycles. The highest BCUT2D eigenvalue weighted by Crippen LogP contribution is 2.23. The van der Waals surface area contributed by atoms with Crippen molar-refractivity contribution in [2.45, 2.75) is 12.5 Å². The number of nitrogens with zero attached hydrogens (tertiary/aromatic N) is 1. The van der Waals surface area contributed by atoms with Crippen LogP contribution in [0.1, 0.15) is 17.2 Å². The van der Waals surface area contributed by atoms with Crippen molar-refractivity contribution in [3.05, 3.63) is 59.4 Å². The van der Waals surface area contributed by atoms with Crippen molar-refractivity contribution in [3.8, 4) is 0 Å². The molecule has 0 aliphatic carbocycles. The molecular weight excluding hydrogens is 238 g/mol. The largest absolute Gasteiger partial charge is 0.398 e. The molecule has 3 nitrogen and oxygen atoms in total. The van der Waals surface area contributed by atoms with Crippen molar-refractivity contribution in [1.29, 1.82) is 0 Å². The van der Waals surface area contributed by atoms with E-state index in [9.17, 15) is 13.9 Å². The summed E-state index contributed by atoms with van der Waals surface area (Å²) in [5.74, 6) is -1.45. The minimum atomic E-state index is -1.09. The third-order valence-corrected chi connectivity index (χ3v) is 2.68. The smallest absolute Gasteiger partial charge is 0.131 e. The molecule has 94 valence electrons. The first kappa shape index (κ1) is 12.4. The number of pyridine rings is 1. The first-order valence-corrected chi connectivity index (χ1v) is 5.39. The second-order valence-corrected chi connectivity index (χ2v) is 3.96. The molecule has 0 saturated carbocycles. The number of aliphatic hydroxyl groups excluding tert-OH is 1. The summed E-state index contributed by atoms with van der Waals surface area (Å²) < 4.78 is 26.2. The number of hydrogen-bond donors (Lipinski definition) is 2. The lowest BCUT2D eigenvalue weighted by atomic mass is 10.0. The van der Waals surface area contributed by atoms with Crippen molar-refractivity contribution in [2.75, 3.05) is 5.73 Å². The lowest BCUT2D eigenvalue weighted by Crippen LogP contribution is -2.07. The van der Waals surface area contributed by atoms with Crippen LogP contribution in [0.4, 0.5) is 14.5 Å². The predicted molar refractivity (Wildman–Crippen MR) is 63.7 cm³/mol. The molecule has 1 aromatic heterocycles. The summed E-state index contributed by atoms with van der Waals surface area (Å²) in [6, 6.07) is 4.67. The van der Waals surface area contributed by atoms with Gasteiger partial charge in [0, 0.05) is 36.1 Å². The second kappa shape index (κ2) is 5.10. The minimum absolute atomic E-state index is 0.0413. The van der Waals surface area contributed by atoms with Gasteiger partial charge in [0.15, 0.2) is 0 Å². The van der Waals surface area contributed by atoms with E-state index in [2.05, 4.69) is 4.98 Å². The Morgan fingerprint density at radius 2 is 2.06 bits per heavy atom. The zero-order valence-corrected chi connectivity index (χ0v) is 9.48. The summed E-state index contributed by atoms with van der Waals surface area (Å²) in [7, 11) is 0. The molecule has 0 aliphatic rings. The van der Waals surface area contributed by atoms with Gasteiger partial charge in [0.2, 0.25) is 0 Å². The number of nitrogens with two attached hydrogens (primary N) is 1. The van der Waals surface area contributed by atoms with Crippen LogP contribution in [0.5, 0.6) is 0 Å². The van der Waals surface area contributed by atoms with Gasteiger partial charge in [-0.2, -0.15) is 0 Å². The molecule has 18 heavy (non-hydrogen) atoms. The zero-order valence-electron chi connectivity index (χ0n) is 9.48. The Morgan fingerprint density at radius 1 is 1.28 bits per heavy atom. The van der Waals surface area contributed by atoms with Crippen LogP contribution in [0, 0.1) is 11.6 Å². The lowest BCUT2D eigenvalue weighted by Gasteiger charge is -2.13. The van der Waals surface area contributed by atoms with Gasteiger partial charge in [-0.25, -0.2) is 8.78 Å². The van der Waals surface area contributed by atoms with Crippen molar-refractivity contribution in [2.24, 2.45) is 0 Å². The van der Waals surface area contributed by atoms with Gasteiger partial charge < -0.3 is 10.8 Å². The van der Waals surface area contributed by atoms with Gasteiger partial charge in [0.1, 0.15) is 11.6 Å². The van der Waals surface area contributed by atoms with E-state index in [1.165, 1.54) is 18.5 Å². The molecule has 0 saturated heterocycles. The van der Waals surface area contributed by atoms with Gasteiger partial charge in [-0.3, -0.25) is 4.98 Å². The molecule has 0 spiro atoms. The highest BCUT2D eigenvalue weighted by Gasteiger charge is 2.15. The topological polar surface area (TPSA) is 59.1 Å². The molecule has 2 rings (SSSR count). The van der Waals surface area contributed by atoms with Crippen LogP contribution in [0.3, 0.4) is 0 Å². The van der Waals surface area contributed by atoms with Gasteiger partial charge in [0.25, 0.3) is 0 Å². The number of aliphatic hydroxyl groups is 1. The van der Waals surface area contributed by atoms with Crippen molar-refractivity contribution in [3.63, 3.8) is 0 Å². The van der Waals surface area contributed by atoms with Crippen LogP contribution < -0.4 is 5.73 Å². The van der Waals surface area contributed by atoms with Crippen molar-refractivity contribution >= 4 is 5.69 Å². The SMILES string of the molecule is Nc1ccncc1CC(O)c1ccc(F)cc1F. The molecule has 0 fully saturated rings. The molecule has 0 amide bonds. The molecular formula is C13H12F2N2O. The molecule has 0 aliphatic heterocycles. The third-order valence-electron chi connectivity index (χ3n) is 2.68. The molecule has 5 heteroatoms. The summed E-state index contributed by atoms with van der Waals surface area (Å²) >= 11 is 0. The summed E-state index contributed by atoms with van der Waals surface area (Å²) in [4.78, 5) is 3.88. The van der Waals surface area contributed by atoms with E-state index in [0.29, 0.717) is 11.3 Å². The molecule has 0 bridgehead atoms. The number of aromatic nitrogens is 1. The summed E-state index contributed by atoms with van der Waals surface area (Å²) in [6.45, 7) is 0. The molecule has 2 aromatic rings. The monoisotopic (exact) mass is 250 g/mol. The summed E-state index contributed by atoms with van der Waals surface area (Å²) in [5.41, 5.74) is 6.84. The van der Waals surface area contributed by atoms with E-state index >= 15 is 0 Å².